The Bertz CT molecular complexity index is 1210. The summed E-state index contributed by atoms with van der Waals surface area (Å²) in [5, 5.41) is 13.3. The molecule has 0 unspecified atom stereocenters. The number of benzene rings is 2. The Morgan fingerprint density at radius 1 is 1.15 bits per heavy atom. The molecule has 2 N–H and O–H groups in total. The lowest BCUT2D eigenvalue weighted by Crippen LogP contribution is -2.35. The second kappa shape index (κ2) is 11.8. The van der Waals surface area contributed by atoms with Crippen molar-refractivity contribution in [2.75, 3.05) is 38.5 Å². The van der Waals surface area contributed by atoms with Crippen LogP contribution in [0.4, 0.5) is 10.8 Å². The number of likely N-dealkylation sites (N-methyl/N-ethyl adjacent to an activating group) is 1. The van der Waals surface area contributed by atoms with Crippen LogP contribution in [0.1, 0.15) is 23.3 Å². The zero-order valence-corrected chi connectivity index (χ0v) is 21.4. The molecule has 182 valence electrons. The van der Waals surface area contributed by atoms with E-state index in [1.54, 1.807) is 43.6 Å². The number of sulfonamides is 1. The first-order chi connectivity index (χ1) is 15.9. The number of hydrogen-bond donors (Lipinski definition) is 2. The lowest BCUT2D eigenvalue weighted by atomic mass is 10.2. The maximum atomic E-state index is 13.0. The molecule has 1 aliphatic heterocycles. The first-order valence-electron chi connectivity index (χ1n) is 10.9. The number of thiazole rings is 1. The Balaban J connectivity index is 0.00000324. The van der Waals surface area contributed by atoms with E-state index in [2.05, 4.69) is 15.2 Å². The number of likely N-dealkylation sites (tertiary alicyclic amines) is 1. The molecule has 4 rings (SSSR count). The number of aromatic nitrogens is 1. The minimum atomic E-state index is -3.56. The van der Waals surface area contributed by atoms with Crippen molar-refractivity contribution < 1.29 is 13.5 Å². The average Bonchev–Trinajstić information content (AvgIpc) is 3.49. The summed E-state index contributed by atoms with van der Waals surface area (Å²) in [4.78, 5) is 7.91. The van der Waals surface area contributed by atoms with Gasteiger partial charge in [-0.15, -0.1) is 12.4 Å². The van der Waals surface area contributed by atoms with Gasteiger partial charge in [-0.3, -0.25) is 0 Å². The van der Waals surface area contributed by atoms with Crippen molar-refractivity contribution >= 4 is 56.7 Å². The van der Waals surface area contributed by atoms with Crippen molar-refractivity contribution in [1.29, 1.82) is 0 Å². The molecule has 0 saturated carbocycles. The Morgan fingerprint density at radius 2 is 1.88 bits per heavy atom. The van der Waals surface area contributed by atoms with Gasteiger partial charge < -0.3 is 15.3 Å². The van der Waals surface area contributed by atoms with Crippen LogP contribution in [0.5, 0.6) is 5.75 Å². The van der Waals surface area contributed by atoms with Crippen molar-refractivity contribution in [3.63, 3.8) is 0 Å². The molecular formula is C24H29ClN4O3S2. The van der Waals surface area contributed by atoms with Gasteiger partial charge in [0.25, 0.3) is 0 Å². The van der Waals surface area contributed by atoms with E-state index in [0.29, 0.717) is 17.4 Å². The summed E-state index contributed by atoms with van der Waals surface area (Å²) < 4.78 is 27.5. The molecule has 0 radical (unpaired) electrons. The molecule has 2 heterocycles. The molecule has 0 bridgehead atoms. The highest BCUT2D eigenvalue weighted by molar-refractivity contribution is 7.89. The first kappa shape index (κ1) is 26.2. The minimum Gasteiger partial charge on any atom is -0.508 e. The van der Waals surface area contributed by atoms with Gasteiger partial charge in [-0.25, -0.2) is 13.4 Å². The highest BCUT2D eigenvalue weighted by Crippen LogP contribution is 2.26. The van der Waals surface area contributed by atoms with Crippen molar-refractivity contribution in [3.05, 3.63) is 65.2 Å². The number of anilines is 2. The van der Waals surface area contributed by atoms with Crippen molar-refractivity contribution in [2.24, 2.45) is 0 Å². The van der Waals surface area contributed by atoms with Gasteiger partial charge >= 0.3 is 0 Å². The summed E-state index contributed by atoms with van der Waals surface area (Å²) >= 11 is 1.47. The largest absolute Gasteiger partial charge is 0.508 e. The van der Waals surface area contributed by atoms with Gasteiger partial charge in [0.1, 0.15) is 5.75 Å². The van der Waals surface area contributed by atoms with Crippen LogP contribution in [0.2, 0.25) is 0 Å². The molecular weight excluding hydrogens is 492 g/mol. The van der Waals surface area contributed by atoms with Gasteiger partial charge in [0, 0.05) is 36.9 Å². The maximum absolute atomic E-state index is 13.0. The molecule has 0 aliphatic carbocycles. The summed E-state index contributed by atoms with van der Waals surface area (Å²) in [6.07, 6.45) is 8.04. The molecule has 10 heteroatoms. The van der Waals surface area contributed by atoms with Gasteiger partial charge in [0.05, 0.1) is 4.90 Å². The van der Waals surface area contributed by atoms with Crippen LogP contribution in [0.15, 0.2) is 59.6 Å². The zero-order chi connectivity index (χ0) is 23.3. The van der Waals surface area contributed by atoms with Gasteiger partial charge in [-0.05, 0) is 67.9 Å². The molecule has 0 amide bonds. The third-order valence-electron chi connectivity index (χ3n) is 5.58. The second-order valence-electron chi connectivity index (χ2n) is 8.02. The van der Waals surface area contributed by atoms with E-state index in [9.17, 15) is 13.5 Å². The number of hydrogen-bond acceptors (Lipinski definition) is 7. The fourth-order valence-electron chi connectivity index (χ4n) is 3.63. The molecule has 34 heavy (non-hydrogen) atoms. The number of nitrogens with zero attached hydrogens (tertiary/aromatic N) is 3. The zero-order valence-electron chi connectivity index (χ0n) is 18.9. The first-order valence-corrected chi connectivity index (χ1v) is 13.1. The number of rotatable bonds is 9. The molecule has 2 aromatic carbocycles. The van der Waals surface area contributed by atoms with E-state index < -0.39 is 10.0 Å². The van der Waals surface area contributed by atoms with Crippen molar-refractivity contribution in [2.45, 2.75) is 17.7 Å². The number of halogens is 1. The number of aromatic hydroxyl groups is 1. The van der Waals surface area contributed by atoms with E-state index in [1.165, 1.54) is 28.5 Å². The summed E-state index contributed by atoms with van der Waals surface area (Å²) in [5.41, 5.74) is 1.65. The van der Waals surface area contributed by atoms with E-state index in [1.807, 2.05) is 30.4 Å². The van der Waals surface area contributed by atoms with Crippen LogP contribution >= 0.6 is 23.7 Å². The molecule has 1 fully saturated rings. The number of nitrogens with one attached hydrogen (secondary N) is 1. The van der Waals surface area contributed by atoms with Crippen LogP contribution in [-0.2, 0) is 10.0 Å². The summed E-state index contributed by atoms with van der Waals surface area (Å²) in [6, 6.07) is 13.8. The van der Waals surface area contributed by atoms with Gasteiger partial charge in [-0.2, -0.15) is 4.31 Å². The van der Waals surface area contributed by atoms with E-state index in [0.717, 1.165) is 30.1 Å². The predicted octanol–water partition coefficient (Wildman–Crippen LogP) is 4.90. The quantitative estimate of drug-likeness (QED) is 0.417. The van der Waals surface area contributed by atoms with Gasteiger partial charge in [0.2, 0.25) is 10.0 Å². The SMILES string of the molecule is CN(CCN1CCCC1)S(=O)(=O)c1cccc(Nc2ncc(C=Cc3ccc(O)cc3)s2)c1.Cl. The van der Waals surface area contributed by atoms with Crippen LogP contribution in [0.3, 0.4) is 0 Å². The Morgan fingerprint density at radius 3 is 2.62 bits per heavy atom. The fourth-order valence-corrected chi connectivity index (χ4v) is 5.58. The number of phenolic OH excluding ortho intramolecular Hbond substituents is 1. The summed E-state index contributed by atoms with van der Waals surface area (Å²) in [5.74, 6) is 0.235. The Labute approximate surface area is 211 Å². The van der Waals surface area contributed by atoms with Gasteiger partial charge in [0.15, 0.2) is 5.13 Å². The van der Waals surface area contributed by atoms with E-state index >= 15 is 0 Å². The van der Waals surface area contributed by atoms with E-state index in [-0.39, 0.29) is 23.1 Å². The topological polar surface area (TPSA) is 85.8 Å². The van der Waals surface area contributed by atoms with Crippen molar-refractivity contribution in [1.82, 2.24) is 14.2 Å². The van der Waals surface area contributed by atoms with Crippen LogP contribution in [0, 0.1) is 0 Å². The molecule has 0 atom stereocenters. The highest BCUT2D eigenvalue weighted by atomic mass is 35.5. The molecule has 0 spiro atoms. The molecule has 1 aromatic heterocycles. The van der Waals surface area contributed by atoms with Crippen LogP contribution < -0.4 is 5.32 Å². The minimum absolute atomic E-state index is 0. The van der Waals surface area contributed by atoms with Crippen LogP contribution in [-0.4, -0.2) is 60.9 Å². The molecule has 1 saturated heterocycles. The fraction of sp³-hybridized carbons (Fsp3) is 0.292. The lowest BCUT2D eigenvalue weighted by Gasteiger charge is -2.21. The highest BCUT2D eigenvalue weighted by Gasteiger charge is 2.22. The smallest absolute Gasteiger partial charge is 0.242 e. The standard InChI is InChI=1S/C24H28N4O3S2.ClH/c1-27(15-16-28-13-2-3-14-28)33(30,31)23-6-4-5-20(17-23)26-24-25-18-22(32-24)12-9-19-7-10-21(29)11-8-19;/h4-12,17-18,29H,2-3,13-16H2,1H3,(H,25,26);1H. The molecule has 7 nitrogen and oxygen atoms in total. The molecule has 3 aromatic rings. The third-order valence-corrected chi connectivity index (χ3v) is 8.31. The summed E-state index contributed by atoms with van der Waals surface area (Å²) in [6.45, 7) is 3.33. The lowest BCUT2D eigenvalue weighted by molar-refractivity contribution is 0.310. The average molecular weight is 521 g/mol. The second-order valence-corrected chi connectivity index (χ2v) is 11.1. The maximum Gasteiger partial charge on any atom is 0.242 e. The summed E-state index contributed by atoms with van der Waals surface area (Å²) in [7, 11) is -1.92. The monoisotopic (exact) mass is 520 g/mol. The Hall–Kier alpha value is -2.43. The predicted molar refractivity (Wildman–Crippen MR) is 142 cm³/mol. The normalized spacial score (nSPS) is 14.5. The number of phenols is 1. The molecule has 1 aliphatic rings. The van der Waals surface area contributed by atoms with Crippen LogP contribution in [0.25, 0.3) is 12.2 Å². The van der Waals surface area contributed by atoms with Gasteiger partial charge in [-0.1, -0.05) is 35.6 Å². The Kier molecular flexibility index (Phi) is 9.10. The third kappa shape index (κ3) is 6.80. The van der Waals surface area contributed by atoms with E-state index in [4.69, 9.17) is 0 Å². The van der Waals surface area contributed by atoms with Crippen molar-refractivity contribution in [3.8, 4) is 5.75 Å².